The van der Waals surface area contributed by atoms with Crippen molar-refractivity contribution in [3.8, 4) is 11.5 Å². The van der Waals surface area contributed by atoms with E-state index in [4.69, 9.17) is 9.47 Å². The number of thiazole rings is 1. The number of hydrogen-bond donors (Lipinski definition) is 1. The maximum atomic E-state index is 12.7. The van der Waals surface area contributed by atoms with Gasteiger partial charge in [-0.05, 0) is 51.1 Å². The number of amides is 1. The lowest BCUT2D eigenvalue weighted by Gasteiger charge is -2.13. The van der Waals surface area contributed by atoms with Gasteiger partial charge in [0.05, 0.1) is 44.8 Å². The molecule has 0 unspecified atom stereocenters. The third kappa shape index (κ3) is 5.28. The molecule has 0 aliphatic rings. The van der Waals surface area contributed by atoms with Crippen LogP contribution in [0.25, 0.3) is 10.2 Å². The van der Waals surface area contributed by atoms with Crippen LogP contribution in [0.4, 0.5) is 5.69 Å². The number of anilines is 1. The van der Waals surface area contributed by atoms with Crippen LogP contribution >= 0.6 is 11.3 Å². The Hall–Kier alpha value is -2.65. The summed E-state index contributed by atoms with van der Waals surface area (Å²) in [6.45, 7) is 6.51. The molecule has 0 aliphatic carbocycles. The van der Waals surface area contributed by atoms with Gasteiger partial charge in [-0.2, -0.15) is 0 Å². The number of fused-ring (bicyclic) bond motifs is 1. The lowest BCUT2D eigenvalue weighted by molar-refractivity contribution is -0.115. The molecule has 0 bridgehead atoms. The van der Waals surface area contributed by atoms with E-state index in [1.807, 2.05) is 20.8 Å². The SMILES string of the molecule is CCOc1ccc(OCC)c(NC(=O)CCS(=O)(=O)c2ccc3nc(C)sc3c2)c1. The summed E-state index contributed by atoms with van der Waals surface area (Å²) in [5, 5.41) is 3.61. The Bertz CT molecular complexity index is 1160. The fourth-order valence-electron chi connectivity index (χ4n) is 2.92. The minimum atomic E-state index is -3.60. The molecule has 0 saturated heterocycles. The number of carbonyl (C=O) groups excluding carboxylic acids is 1. The van der Waals surface area contributed by atoms with Crippen molar-refractivity contribution in [3.05, 3.63) is 41.4 Å². The van der Waals surface area contributed by atoms with Gasteiger partial charge in [-0.3, -0.25) is 4.79 Å². The highest BCUT2D eigenvalue weighted by Crippen LogP contribution is 2.30. The molecule has 160 valence electrons. The maximum Gasteiger partial charge on any atom is 0.225 e. The quantitative estimate of drug-likeness (QED) is 0.527. The van der Waals surface area contributed by atoms with Crippen LogP contribution in [-0.4, -0.2) is 38.3 Å². The van der Waals surface area contributed by atoms with Gasteiger partial charge in [-0.25, -0.2) is 13.4 Å². The number of rotatable bonds is 9. The average Bonchev–Trinajstić information content (AvgIpc) is 3.08. The van der Waals surface area contributed by atoms with E-state index in [2.05, 4.69) is 10.3 Å². The molecule has 0 atom stereocenters. The van der Waals surface area contributed by atoms with Crippen molar-refractivity contribution in [2.24, 2.45) is 0 Å². The molecule has 0 radical (unpaired) electrons. The number of sulfone groups is 1. The molecule has 1 heterocycles. The summed E-state index contributed by atoms with van der Waals surface area (Å²) in [7, 11) is -3.60. The summed E-state index contributed by atoms with van der Waals surface area (Å²) in [6, 6.07) is 9.98. The fourth-order valence-corrected chi connectivity index (χ4v) is 5.12. The lowest BCUT2D eigenvalue weighted by atomic mass is 10.2. The molecule has 3 rings (SSSR count). The molecular weight excluding hydrogens is 424 g/mol. The van der Waals surface area contributed by atoms with Gasteiger partial charge in [0.15, 0.2) is 9.84 Å². The van der Waals surface area contributed by atoms with Crippen molar-refractivity contribution in [1.29, 1.82) is 0 Å². The van der Waals surface area contributed by atoms with Crippen LogP contribution in [0.5, 0.6) is 11.5 Å². The molecule has 1 aromatic heterocycles. The number of nitrogens with zero attached hydrogens (tertiary/aromatic N) is 1. The van der Waals surface area contributed by atoms with Gasteiger partial charge < -0.3 is 14.8 Å². The smallest absolute Gasteiger partial charge is 0.225 e. The van der Waals surface area contributed by atoms with Crippen LogP contribution in [0.1, 0.15) is 25.3 Å². The van der Waals surface area contributed by atoms with Crippen LogP contribution in [0.15, 0.2) is 41.3 Å². The Morgan fingerprint density at radius 1 is 1.10 bits per heavy atom. The second-order valence-electron chi connectivity index (χ2n) is 6.50. The van der Waals surface area contributed by atoms with E-state index >= 15 is 0 Å². The third-order valence-corrected chi connectivity index (χ3v) is 6.91. The van der Waals surface area contributed by atoms with E-state index in [0.29, 0.717) is 30.4 Å². The molecular formula is C21H24N2O5S2. The molecule has 2 aromatic carbocycles. The molecule has 9 heteroatoms. The standard InChI is InChI=1S/C21H24N2O5S2/c1-4-27-15-6-9-19(28-5-2)18(12-15)23-21(24)10-11-30(25,26)16-7-8-17-20(13-16)29-14(3)22-17/h6-9,12-13H,4-5,10-11H2,1-3H3,(H,23,24). The summed E-state index contributed by atoms with van der Waals surface area (Å²) < 4.78 is 37.2. The van der Waals surface area contributed by atoms with E-state index in [0.717, 1.165) is 15.2 Å². The largest absolute Gasteiger partial charge is 0.494 e. The molecule has 30 heavy (non-hydrogen) atoms. The molecule has 1 amide bonds. The van der Waals surface area contributed by atoms with Crippen LogP contribution in [0, 0.1) is 6.92 Å². The normalized spacial score (nSPS) is 11.4. The Labute approximate surface area is 180 Å². The monoisotopic (exact) mass is 448 g/mol. The van der Waals surface area contributed by atoms with E-state index in [-0.39, 0.29) is 17.1 Å². The Morgan fingerprint density at radius 3 is 2.60 bits per heavy atom. The Kier molecular flexibility index (Phi) is 6.94. The molecule has 0 saturated carbocycles. The zero-order chi connectivity index (χ0) is 21.7. The first kappa shape index (κ1) is 22.0. The van der Waals surface area contributed by atoms with Crippen LogP contribution < -0.4 is 14.8 Å². The summed E-state index contributed by atoms with van der Waals surface area (Å²) in [5.41, 5.74) is 1.22. The van der Waals surface area contributed by atoms with Crippen molar-refractivity contribution >= 4 is 43.0 Å². The second-order valence-corrected chi connectivity index (χ2v) is 9.85. The highest BCUT2D eigenvalue weighted by molar-refractivity contribution is 7.91. The summed E-state index contributed by atoms with van der Waals surface area (Å²) in [5.74, 6) is 0.389. The van der Waals surface area contributed by atoms with Gasteiger partial charge in [0.25, 0.3) is 0 Å². The summed E-state index contributed by atoms with van der Waals surface area (Å²) in [4.78, 5) is 17.0. The van der Waals surface area contributed by atoms with Gasteiger partial charge in [0.2, 0.25) is 5.91 Å². The van der Waals surface area contributed by atoms with Gasteiger partial charge >= 0.3 is 0 Å². The lowest BCUT2D eigenvalue weighted by Crippen LogP contribution is -2.18. The zero-order valence-electron chi connectivity index (χ0n) is 17.1. The minimum absolute atomic E-state index is 0.174. The van der Waals surface area contributed by atoms with Crippen molar-refractivity contribution in [3.63, 3.8) is 0 Å². The average molecular weight is 449 g/mol. The van der Waals surface area contributed by atoms with E-state index in [9.17, 15) is 13.2 Å². The highest BCUT2D eigenvalue weighted by Gasteiger charge is 2.19. The molecule has 7 nitrogen and oxygen atoms in total. The van der Waals surface area contributed by atoms with Crippen LogP contribution in [0.2, 0.25) is 0 Å². The Morgan fingerprint density at radius 2 is 1.87 bits per heavy atom. The third-order valence-electron chi connectivity index (χ3n) is 4.26. The molecule has 0 spiro atoms. The first-order valence-electron chi connectivity index (χ1n) is 9.62. The number of benzene rings is 2. The topological polar surface area (TPSA) is 94.6 Å². The summed E-state index contributed by atoms with van der Waals surface area (Å²) >= 11 is 1.44. The van der Waals surface area contributed by atoms with Crippen molar-refractivity contribution in [1.82, 2.24) is 4.98 Å². The number of carbonyl (C=O) groups is 1. The highest BCUT2D eigenvalue weighted by atomic mass is 32.2. The van der Waals surface area contributed by atoms with Gasteiger partial charge in [0, 0.05) is 12.5 Å². The summed E-state index contributed by atoms with van der Waals surface area (Å²) in [6.07, 6.45) is -0.174. The van der Waals surface area contributed by atoms with Crippen molar-refractivity contribution < 1.29 is 22.7 Å². The zero-order valence-corrected chi connectivity index (χ0v) is 18.7. The van der Waals surface area contributed by atoms with Crippen LogP contribution in [0.3, 0.4) is 0 Å². The van der Waals surface area contributed by atoms with Gasteiger partial charge in [0.1, 0.15) is 11.5 Å². The van der Waals surface area contributed by atoms with Crippen molar-refractivity contribution in [2.45, 2.75) is 32.1 Å². The number of hydrogen-bond acceptors (Lipinski definition) is 7. The number of aromatic nitrogens is 1. The predicted molar refractivity (Wildman–Crippen MR) is 118 cm³/mol. The molecule has 3 aromatic rings. The van der Waals surface area contributed by atoms with Crippen LogP contribution in [-0.2, 0) is 14.6 Å². The minimum Gasteiger partial charge on any atom is -0.494 e. The number of nitrogens with one attached hydrogen (secondary N) is 1. The van der Waals surface area contributed by atoms with Gasteiger partial charge in [-0.1, -0.05) is 0 Å². The van der Waals surface area contributed by atoms with Crippen molar-refractivity contribution in [2.75, 3.05) is 24.3 Å². The maximum absolute atomic E-state index is 12.7. The first-order valence-corrected chi connectivity index (χ1v) is 12.1. The van der Waals surface area contributed by atoms with E-state index < -0.39 is 15.7 Å². The second kappa shape index (κ2) is 9.44. The van der Waals surface area contributed by atoms with Gasteiger partial charge in [-0.15, -0.1) is 11.3 Å². The fraction of sp³-hybridized carbons (Fsp3) is 0.333. The molecule has 0 aliphatic heterocycles. The first-order chi connectivity index (χ1) is 14.3. The molecule has 0 fully saturated rings. The number of ether oxygens (including phenoxy) is 2. The molecule has 1 N–H and O–H groups in total. The predicted octanol–water partition coefficient (Wildman–Crippen LogP) is 4.20. The van der Waals surface area contributed by atoms with E-state index in [1.165, 1.54) is 17.4 Å². The number of aryl methyl sites for hydroxylation is 1. The van der Waals surface area contributed by atoms with E-state index in [1.54, 1.807) is 30.3 Å². The Balaban J connectivity index is 1.70.